The molecule has 2 aromatic heterocycles. The number of methoxy groups -OCH3 is 1. The summed E-state index contributed by atoms with van der Waals surface area (Å²) in [5.74, 6) is -0.582. The molecule has 1 aliphatic heterocycles. The number of nitrogens with zero attached hydrogens (tertiary/aromatic N) is 3. The molecule has 326 valence electrons. The molecule has 1 saturated heterocycles. The van der Waals surface area contributed by atoms with E-state index in [4.69, 9.17) is 28.7 Å². The standard InChI is InChI=1S/C44H55N6O9PS/c1-8-27-23-44(27,60(54,55)59-29-16-10-9-11-17-29)49-39(51)36-21-31(24-50(36)40(52)38(43(4,5)6)48-42(53)58-28-14-12-13-15-28)57-37-22-34(35-25-61-41(47-35)45-26(2)3)46-33-20-30(56-7)18-19-32(33)37/h8-11,16-20,22,25-28,31,36,38H,1,12-15,21,23-24H2,2-7H3,(H,45,47)(H,48,53)(H,49,51)(H,54,55)/t27-,31-,36+,38-,44+/m1/s1. The van der Waals surface area contributed by atoms with Crippen LogP contribution in [0.4, 0.5) is 9.93 Å². The predicted molar refractivity (Wildman–Crippen MR) is 234 cm³/mol. The van der Waals surface area contributed by atoms with Crippen LogP contribution in [0.25, 0.3) is 22.3 Å². The molecule has 6 atom stereocenters. The van der Waals surface area contributed by atoms with E-state index in [1.165, 1.54) is 22.3 Å². The number of carbonyl (C=O) groups excluding carboxylic acids is 3. The minimum Gasteiger partial charge on any atom is -0.497 e. The number of aromatic nitrogens is 2. The fourth-order valence-corrected chi connectivity index (χ4v) is 10.6. The van der Waals surface area contributed by atoms with Crippen molar-refractivity contribution in [3.05, 3.63) is 72.6 Å². The second kappa shape index (κ2) is 17.7. The molecule has 4 aromatic rings. The number of para-hydroxylation sites is 1. The molecule has 0 radical (unpaired) electrons. The van der Waals surface area contributed by atoms with Gasteiger partial charge in [0.05, 0.1) is 24.9 Å². The zero-order valence-electron chi connectivity index (χ0n) is 35.4. The van der Waals surface area contributed by atoms with Crippen LogP contribution in [0.2, 0.25) is 0 Å². The van der Waals surface area contributed by atoms with Gasteiger partial charge in [-0.15, -0.1) is 17.9 Å². The number of thiazole rings is 1. The molecular formula is C44H55N6O9PS. The summed E-state index contributed by atoms with van der Waals surface area (Å²) in [6.45, 7) is 13.3. The van der Waals surface area contributed by atoms with Crippen molar-refractivity contribution in [2.45, 2.75) is 109 Å². The van der Waals surface area contributed by atoms with E-state index in [-0.39, 0.29) is 37.3 Å². The summed E-state index contributed by atoms with van der Waals surface area (Å²) < 4.78 is 37.7. The largest absolute Gasteiger partial charge is 0.497 e. The molecule has 2 aromatic carbocycles. The van der Waals surface area contributed by atoms with Crippen LogP contribution in [-0.2, 0) is 18.9 Å². The van der Waals surface area contributed by atoms with E-state index in [2.05, 4.69) is 22.5 Å². The minimum absolute atomic E-state index is 0.0134. The maximum absolute atomic E-state index is 14.9. The van der Waals surface area contributed by atoms with Crippen LogP contribution in [0.5, 0.6) is 17.2 Å². The second-order valence-electron chi connectivity index (χ2n) is 17.3. The van der Waals surface area contributed by atoms with E-state index in [1.54, 1.807) is 55.6 Å². The number of likely N-dealkylation sites (tertiary alicyclic amines) is 1. The highest BCUT2D eigenvalue weighted by Crippen LogP contribution is 2.69. The summed E-state index contributed by atoms with van der Waals surface area (Å²) in [5.41, 5.74) is 0.947. The summed E-state index contributed by atoms with van der Waals surface area (Å²) in [5, 5.41) is 10.6. The van der Waals surface area contributed by atoms with Gasteiger partial charge in [-0.05, 0) is 75.6 Å². The van der Waals surface area contributed by atoms with Gasteiger partial charge in [0.15, 0.2) is 10.4 Å². The maximum Gasteiger partial charge on any atom is 0.408 e. The average molecular weight is 875 g/mol. The highest BCUT2D eigenvalue weighted by atomic mass is 32.1. The number of anilines is 1. The average Bonchev–Trinajstić information content (AvgIpc) is 3.61. The van der Waals surface area contributed by atoms with Crippen molar-refractivity contribution < 1.29 is 42.6 Å². The first-order valence-corrected chi connectivity index (χ1v) is 23.1. The third kappa shape index (κ3) is 9.66. The molecule has 1 unspecified atom stereocenters. The van der Waals surface area contributed by atoms with Gasteiger partial charge in [0.25, 0.3) is 0 Å². The lowest BCUT2D eigenvalue weighted by Crippen LogP contribution is -2.58. The number of hydrogen-bond donors (Lipinski definition) is 4. The summed E-state index contributed by atoms with van der Waals surface area (Å²) in [6.07, 6.45) is 3.36. The number of hydrogen-bond acceptors (Lipinski definition) is 12. The monoisotopic (exact) mass is 874 g/mol. The van der Waals surface area contributed by atoms with E-state index in [1.807, 2.05) is 46.1 Å². The van der Waals surface area contributed by atoms with Crippen molar-refractivity contribution in [2.75, 3.05) is 19.0 Å². The number of carbonyl (C=O) groups is 3. The Kier molecular flexibility index (Phi) is 12.7. The van der Waals surface area contributed by atoms with E-state index in [0.29, 0.717) is 33.8 Å². The number of benzene rings is 2. The molecule has 4 N–H and O–H groups in total. The Morgan fingerprint density at radius 3 is 2.43 bits per heavy atom. The van der Waals surface area contributed by atoms with Crippen LogP contribution in [0.15, 0.2) is 72.6 Å². The molecule has 3 heterocycles. The Labute approximate surface area is 360 Å². The third-order valence-electron chi connectivity index (χ3n) is 11.3. The number of amides is 3. The number of pyridine rings is 1. The summed E-state index contributed by atoms with van der Waals surface area (Å²) >= 11 is 1.45. The van der Waals surface area contributed by atoms with Crippen LogP contribution < -0.4 is 29.9 Å². The molecule has 2 aliphatic carbocycles. The zero-order valence-corrected chi connectivity index (χ0v) is 37.1. The molecular weight excluding hydrogens is 820 g/mol. The van der Waals surface area contributed by atoms with Crippen molar-refractivity contribution in [3.8, 4) is 28.6 Å². The molecule has 3 fully saturated rings. The number of alkyl carbamates (subject to hydrolysis) is 1. The first-order chi connectivity index (χ1) is 29.0. The van der Waals surface area contributed by atoms with Gasteiger partial charge < -0.3 is 44.5 Å². The highest BCUT2D eigenvalue weighted by molar-refractivity contribution is 7.55. The van der Waals surface area contributed by atoms with Crippen molar-refractivity contribution in [2.24, 2.45) is 11.3 Å². The Bertz CT molecular complexity index is 2310. The van der Waals surface area contributed by atoms with Gasteiger partial charge in [-0.1, -0.05) is 45.0 Å². The lowest BCUT2D eigenvalue weighted by Gasteiger charge is -2.35. The number of ether oxygens (including phenoxy) is 3. The molecule has 17 heteroatoms. The van der Waals surface area contributed by atoms with E-state index in [0.717, 1.165) is 30.8 Å². The summed E-state index contributed by atoms with van der Waals surface area (Å²) in [7, 11) is -3.01. The lowest BCUT2D eigenvalue weighted by molar-refractivity contribution is -0.142. The van der Waals surface area contributed by atoms with E-state index in [9.17, 15) is 23.8 Å². The van der Waals surface area contributed by atoms with Crippen molar-refractivity contribution >= 4 is 52.9 Å². The van der Waals surface area contributed by atoms with E-state index < -0.39 is 60.3 Å². The topological polar surface area (TPSA) is 191 Å². The van der Waals surface area contributed by atoms with Gasteiger partial charge in [0, 0.05) is 41.3 Å². The third-order valence-corrected chi connectivity index (χ3v) is 14.2. The second-order valence-corrected chi connectivity index (χ2v) is 20.2. The summed E-state index contributed by atoms with van der Waals surface area (Å²) in [4.78, 5) is 65.3. The van der Waals surface area contributed by atoms with Crippen LogP contribution in [0.1, 0.15) is 73.1 Å². The van der Waals surface area contributed by atoms with Crippen LogP contribution in [0.3, 0.4) is 0 Å². The van der Waals surface area contributed by atoms with Gasteiger partial charge in [0.2, 0.25) is 11.8 Å². The lowest BCUT2D eigenvalue weighted by atomic mass is 9.85. The van der Waals surface area contributed by atoms with Crippen molar-refractivity contribution in [3.63, 3.8) is 0 Å². The Balaban J connectivity index is 1.22. The van der Waals surface area contributed by atoms with Gasteiger partial charge >= 0.3 is 13.7 Å². The number of rotatable bonds is 15. The molecule has 7 rings (SSSR count). The van der Waals surface area contributed by atoms with Gasteiger partial charge in [-0.2, -0.15) is 0 Å². The van der Waals surface area contributed by atoms with Crippen LogP contribution in [-0.4, -0.2) is 86.9 Å². The predicted octanol–water partition coefficient (Wildman–Crippen LogP) is 7.90. The minimum atomic E-state index is -4.58. The Morgan fingerprint density at radius 1 is 1.03 bits per heavy atom. The maximum atomic E-state index is 14.9. The molecule has 2 saturated carbocycles. The fraction of sp³-hybridized carbons (Fsp3) is 0.477. The molecule has 15 nitrogen and oxygen atoms in total. The molecule has 0 spiro atoms. The zero-order chi connectivity index (χ0) is 43.7. The normalized spacial score (nSPS) is 22.9. The number of nitrogens with one attached hydrogen (secondary N) is 3. The first-order valence-electron chi connectivity index (χ1n) is 20.7. The Hall–Kier alpha value is -5.18. The van der Waals surface area contributed by atoms with Gasteiger partial charge in [-0.3, -0.25) is 9.59 Å². The van der Waals surface area contributed by atoms with Gasteiger partial charge in [-0.25, -0.2) is 19.3 Å². The molecule has 0 bridgehead atoms. The van der Waals surface area contributed by atoms with Crippen molar-refractivity contribution in [1.29, 1.82) is 0 Å². The molecule has 3 aliphatic rings. The van der Waals surface area contributed by atoms with Crippen LogP contribution in [0, 0.1) is 11.3 Å². The fourth-order valence-electron chi connectivity index (χ4n) is 8.01. The smallest absolute Gasteiger partial charge is 0.408 e. The quantitative estimate of drug-likeness (QED) is 0.0668. The van der Waals surface area contributed by atoms with E-state index >= 15 is 0 Å². The SMILES string of the molecule is C=C[C@@H]1C[C@]1(NC(=O)[C@@H]1C[C@@H](Oc2cc(-c3csc(NC(C)C)n3)nc3cc(OC)ccc23)CN1C(=O)[C@@H](NC(=O)OC1CCCC1)C(C)(C)C)P(=O)(O)Oc1ccccc1. The Morgan fingerprint density at radius 2 is 1.77 bits per heavy atom. The molecule has 61 heavy (non-hydrogen) atoms. The highest BCUT2D eigenvalue weighted by Gasteiger charge is 2.68. The van der Waals surface area contributed by atoms with Gasteiger partial charge in [0.1, 0.15) is 47.2 Å². The van der Waals surface area contributed by atoms with Crippen LogP contribution >= 0.6 is 18.9 Å². The number of fused-ring (bicyclic) bond motifs is 1. The van der Waals surface area contributed by atoms with Crippen molar-refractivity contribution in [1.82, 2.24) is 25.5 Å². The molecule has 3 amide bonds. The first kappa shape index (κ1) is 43.9. The summed E-state index contributed by atoms with van der Waals surface area (Å²) in [6, 6.07) is 13.3.